The summed E-state index contributed by atoms with van der Waals surface area (Å²) in [5.41, 5.74) is 4.12. The summed E-state index contributed by atoms with van der Waals surface area (Å²) in [4.78, 5) is 12.6. The van der Waals surface area contributed by atoms with E-state index < -0.39 is 0 Å². The molecule has 0 radical (unpaired) electrons. The van der Waals surface area contributed by atoms with Gasteiger partial charge in [0.1, 0.15) is 0 Å². The lowest BCUT2D eigenvalue weighted by Gasteiger charge is -2.29. The quantitative estimate of drug-likeness (QED) is 0.628. The second-order valence-corrected chi connectivity index (χ2v) is 8.19. The van der Waals surface area contributed by atoms with Crippen molar-refractivity contribution >= 4 is 17.7 Å². The number of hydrogen-bond acceptors (Lipinski definition) is 6. The van der Waals surface area contributed by atoms with Gasteiger partial charge in [0.15, 0.2) is 23.0 Å². The number of methoxy groups -OCH3 is 4. The summed E-state index contributed by atoms with van der Waals surface area (Å²) < 4.78 is 21.7. The fourth-order valence-electron chi connectivity index (χ4n) is 4.78. The molecule has 2 aromatic carbocycles. The minimum atomic E-state index is -0.175. The van der Waals surface area contributed by atoms with Crippen molar-refractivity contribution in [1.82, 2.24) is 5.01 Å². The zero-order valence-corrected chi connectivity index (χ0v) is 19.8. The molecule has 0 bridgehead atoms. The lowest BCUT2D eigenvalue weighted by molar-refractivity contribution is -0.131. The summed E-state index contributed by atoms with van der Waals surface area (Å²) in [5.74, 6) is 2.71. The van der Waals surface area contributed by atoms with Gasteiger partial charge in [0, 0.05) is 12.8 Å². The molecule has 2 aromatic rings. The predicted molar refractivity (Wildman–Crippen MR) is 127 cm³/mol. The number of carbonyl (C=O) groups is 1. The van der Waals surface area contributed by atoms with Gasteiger partial charge in [-0.3, -0.25) is 4.79 Å². The molecule has 1 amide bonds. The summed E-state index contributed by atoms with van der Waals surface area (Å²) in [6.45, 7) is 1.56. The smallest absolute Gasteiger partial charge is 0.240 e. The molecule has 1 aliphatic carbocycles. The van der Waals surface area contributed by atoms with Crippen LogP contribution in [-0.4, -0.2) is 45.1 Å². The number of amides is 1. The molecule has 2 atom stereocenters. The topological polar surface area (TPSA) is 69.6 Å². The number of nitrogens with zero attached hydrogens (tertiary/aromatic N) is 2. The van der Waals surface area contributed by atoms with Gasteiger partial charge in [-0.2, -0.15) is 5.10 Å². The number of hydrazone groups is 1. The van der Waals surface area contributed by atoms with E-state index in [-0.39, 0.29) is 17.9 Å². The van der Waals surface area contributed by atoms with Gasteiger partial charge in [-0.05, 0) is 66.3 Å². The fraction of sp³-hybridized carbons (Fsp3) is 0.385. The highest BCUT2D eigenvalue weighted by Crippen LogP contribution is 2.46. The minimum absolute atomic E-state index is 0.0813. The standard InChI is InChI=1S/C26H30N2O5/c1-16(29)28-26(19-10-12-22(31-3)24(15-19)33-5)20-8-6-7-18(25(20)27-28)13-17-9-11-21(30-2)23(14-17)32-4/h9-15,20,26H,6-8H2,1-5H3/b18-13+. The maximum atomic E-state index is 12.6. The van der Waals surface area contributed by atoms with E-state index in [9.17, 15) is 4.79 Å². The van der Waals surface area contributed by atoms with Crippen LogP contribution in [0.15, 0.2) is 47.1 Å². The van der Waals surface area contributed by atoms with Crippen LogP contribution in [0.1, 0.15) is 43.4 Å². The van der Waals surface area contributed by atoms with E-state index in [1.807, 2.05) is 36.4 Å². The third-order valence-corrected chi connectivity index (χ3v) is 6.32. The Morgan fingerprint density at radius 3 is 2.21 bits per heavy atom. The Balaban J connectivity index is 1.72. The molecule has 2 aliphatic rings. The van der Waals surface area contributed by atoms with Gasteiger partial charge in [0.05, 0.1) is 40.2 Å². The number of rotatable bonds is 6. The van der Waals surface area contributed by atoms with Crippen molar-refractivity contribution in [3.05, 3.63) is 53.1 Å². The van der Waals surface area contributed by atoms with E-state index in [2.05, 4.69) is 6.08 Å². The number of benzene rings is 2. The van der Waals surface area contributed by atoms with E-state index in [0.29, 0.717) is 23.0 Å². The van der Waals surface area contributed by atoms with Gasteiger partial charge >= 0.3 is 0 Å². The fourth-order valence-corrected chi connectivity index (χ4v) is 4.78. The van der Waals surface area contributed by atoms with Gasteiger partial charge in [-0.1, -0.05) is 12.1 Å². The number of carbonyl (C=O) groups excluding carboxylic acids is 1. The van der Waals surface area contributed by atoms with E-state index >= 15 is 0 Å². The van der Waals surface area contributed by atoms with Crippen LogP contribution in [0.4, 0.5) is 0 Å². The van der Waals surface area contributed by atoms with Crippen LogP contribution in [0.2, 0.25) is 0 Å². The molecule has 1 aliphatic heterocycles. The highest BCUT2D eigenvalue weighted by molar-refractivity contribution is 6.08. The molecular formula is C26H30N2O5. The lowest BCUT2D eigenvalue weighted by Crippen LogP contribution is -2.30. The van der Waals surface area contributed by atoms with Crippen molar-refractivity contribution in [3.63, 3.8) is 0 Å². The summed E-state index contributed by atoms with van der Waals surface area (Å²) in [6, 6.07) is 11.5. The Hall–Kier alpha value is -3.48. The molecule has 7 nitrogen and oxygen atoms in total. The molecule has 1 saturated carbocycles. The van der Waals surface area contributed by atoms with Gasteiger partial charge in [-0.25, -0.2) is 5.01 Å². The van der Waals surface area contributed by atoms with Crippen LogP contribution in [0, 0.1) is 5.92 Å². The Morgan fingerprint density at radius 2 is 1.58 bits per heavy atom. The van der Waals surface area contributed by atoms with Gasteiger partial charge < -0.3 is 18.9 Å². The monoisotopic (exact) mass is 450 g/mol. The highest BCUT2D eigenvalue weighted by Gasteiger charge is 2.43. The van der Waals surface area contributed by atoms with Crippen molar-refractivity contribution in [2.75, 3.05) is 28.4 Å². The minimum Gasteiger partial charge on any atom is -0.493 e. The zero-order chi connectivity index (χ0) is 23.5. The molecule has 2 unspecified atom stereocenters. The van der Waals surface area contributed by atoms with E-state index in [4.69, 9.17) is 24.0 Å². The largest absolute Gasteiger partial charge is 0.493 e. The summed E-state index contributed by atoms with van der Waals surface area (Å²) >= 11 is 0. The average molecular weight is 451 g/mol. The number of ether oxygens (including phenoxy) is 4. The molecule has 1 fully saturated rings. The molecule has 0 N–H and O–H groups in total. The first kappa shape index (κ1) is 22.7. The van der Waals surface area contributed by atoms with E-state index in [0.717, 1.165) is 41.7 Å². The molecule has 0 saturated heterocycles. The lowest BCUT2D eigenvalue weighted by atomic mass is 9.77. The van der Waals surface area contributed by atoms with Crippen LogP contribution in [0.3, 0.4) is 0 Å². The Kier molecular flexibility index (Phi) is 6.58. The number of fused-ring (bicyclic) bond motifs is 1. The molecular weight excluding hydrogens is 420 g/mol. The molecule has 0 aromatic heterocycles. The second-order valence-electron chi connectivity index (χ2n) is 8.19. The average Bonchev–Trinajstić information content (AvgIpc) is 3.24. The third-order valence-electron chi connectivity index (χ3n) is 6.32. The first-order valence-electron chi connectivity index (χ1n) is 11.0. The van der Waals surface area contributed by atoms with E-state index in [1.165, 1.54) is 0 Å². The van der Waals surface area contributed by atoms with Crippen molar-refractivity contribution in [2.45, 2.75) is 32.2 Å². The van der Waals surface area contributed by atoms with Crippen molar-refractivity contribution in [1.29, 1.82) is 0 Å². The second kappa shape index (κ2) is 9.57. The highest BCUT2D eigenvalue weighted by atomic mass is 16.5. The molecule has 174 valence electrons. The molecule has 1 heterocycles. The van der Waals surface area contributed by atoms with Crippen LogP contribution >= 0.6 is 0 Å². The van der Waals surface area contributed by atoms with Gasteiger partial charge in [0.2, 0.25) is 5.91 Å². The molecule has 0 spiro atoms. The zero-order valence-electron chi connectivity index (χ0n) is 19.8. The Bertz CT molecular complexity index is 1110. The SMILES string of the molecule is COc1ccc(/C=C2\CCCC3C2=NN(C(C)=O)C3c2ccc(OC)c(OC)c2)cc1OC. The molecule has 7 heteroatoms. The Labute approximate surface area is 194 Å². The summed E-state index contributed by atoms with van der Waals surface area (Å²) in [5, 5.41) is 6.44. The third kappa shape index (κ3) is 4.27. The Morgan fingerprint density at radius 1 is 0.939 bits per heavy atom. The van der Waals surface area contributed by atoms with Crippen molar-refractivity contribution < 1.29 is 23.7 Å². The van der Waals surface area contributed by atoms with Crippen LogP contribution in [0.5, 0.6) is 23.0 Å². The summed E-state index contributed by atoms with van der Waals surface area (Å²) in [7, 11) is 6.48. The maximum Gasteiger partial charge on any atom is 0.240 e. The molecule has 33 heavy (non-hydrogen) atoms. The van der Waals surface area contributed by atoms with Crippen molar-refractivity contribution in [3.8, 4) is 23.0 Å². The molecule has 4 rings (SSSR count). The predicted octanol–water partition coefficient (Wildman–Crippen LogP) is 4.86. The first-order chi connectivity index (χ1) is 16.0. The number of allylic oxidation sites excluding steroid dienone is 1. The number of hydrogen-bond donors (Lipinski definition) is 0. The summed E-state index contributed by atoms with van der Waals surface area (Å²) in [6.07, 6.45) is 5.04. The normalized spacial score (nSPS) is 20.8. The first-order valence-corrected chi connectivity index (χ1v) is 11.0. The van der Waals surface area contributed by atoms with Crippen LogP contribution in [0.25, 0.3) is 6.08 Å². The van der Waals surface area contributed by atoms with Gasteiger partial charge in [0.25, 0.3) is 0 Å². The van der Waals surface area contributed by atoms with Crippen molar-refractivity contribution in [2.24, 2.45) is 11.0 Å². The van der Waals surface area contributed by atoms with Crippen LogP contribution in [-0.2, 0) is 4.79 Å². The van der Waals surface area contributed by atoms with Gasteiger partial charge in [-0.15, -0.1) is 0 Å². The van der Waals surface area contributed by atoms with Crippen LogP contribution < -0.4 is 18.9 Å². The maximum absolute atomic E-state index is 12.6. The van der Waals surface area contributed by atoms with E-state index in [1.54, 1.807) is 40.4 Å².